The summed E-state index contributed by atoms with van der Waals surface area (Å²) in [6.07, 6.45) is 7.81. The van der Waals surface area contributed by atoms with Crippen LogP contribution in [0.15, 0.2) is 30.9 Å². The highest BCUT2D eigenvalue weighted by Gasteiger charge is 2.03. The minimum absolute atomic E-state index is 0.688. The standard InChI is InChI=1S/C13H16N4O/c1-3-4-18-11-5-10(6-15-7-11)12-8-16-9-13(14-2)17-12/h5-9H,3-4H2,1-2H3,(H,14,17). The Morgan fingerprint density at radius 3 is 2.78 bits per heavy atom. The van der Waals surface area contributed by atoms with E-state index in [1.165, 1.54) is 0 Å². The Labute approximate surface area is 106 Å². The van der Waals surface area contributed by atoms with E-state index < -0.39 is 0 Å². The van der Waals surface area contributed by atoms with E-state index in [2.05, 4.69) is 27.2 Å². The van der Waals surface area contributed by atoms with Crippen molar-refractivity contribution in [2.45, 2.75) is 13.3 Å². The molecule has 0 spiro atoms. The summed E-state index contributed by atoms with van der Waals surface area (Å²) >= 11 is 0. The molecule has 0 fully saturated rings. The van der Waals surface area contributed by atoms with E-state index in [0.717, 1.165) is 29.2 Å². The molecule has 0 saturated heterocycles. The number of pyridine rings is 1. The fourth-order valence-electron chi connectivity index (χ4n) is 1.48. The molecule has 1 N–H and O–H groups in total. The van der Waals surface area contributed by atoms with Crippen LogP contribution in [0.2, 0.25) is 0 Å². The summed E-state index contributed by atoms with van der Waals surface area (Å²) in [6, 6.07) is 1.92. The molecule has 0 aliphatic carbocycles. The molecule has 0 amide bonds. The monoisotopic (exact) mass is 244 g/mol. The fraction of sp³-hybridized carbons (Fsp3) is 0.308. The minimum atomic E-state index is 0.688. The van der Waals surface area contributed by atoms with Crippen molar-refractivity contribution in [2.75, 3.05) is 19.0 Å². The summed E-state index contributed by atoms with van der Waals surface area (Å²) < 4.78 is 5.55. The third kappa shape index (κ3) is 2.94. The van der Waals surface area contributed by atoms with Gasteiger partial charge in [0.15, 0.2) is 0 Å². The normalized spacial score (nSPS) is 10.1. The van der Waals surface area contributed by atoms with E-state index in [9.17, 15) is 0 Å². The van der Waals surface area contributed by atoms with Gasteiger partial charge in [-0.1, -0.05) is 6.92 Å². The second-order valence-corrected chi connectivity index (χ2v) is 3.80. The van der Waals surface area contributed by atoms with Crippen molar-refractivity contribution in [1.82, 2.24) is 15.0 Å². The van der Waals surface area contributed by atoms with Crippen LogP contribution in [-0.2, 0) is 0 Å². The van der Waals surface area contributed by atoms with Crippen LogP contribution in [0.1, 0.15) is 13.3 Å². The number of hydrogen-bond acceptors (Lipinski definition) is 5. The first-order valence-corrected chi connectivity index (χ1v) is 5.91. The third-order valence-electron chi connectivity index (χ3n) is 2.37. The first kappa shape index (κ1) is 12.3. The van der Waals surface area contributed by atoms with Crippen molar-refractivity contribution >= 4 is 5.82 Å². The van der Waals surface area contributed by atoms with Gasteiger partial charge >= 0.3 is 0 Å². The lowest BCUT2D eigenvalue weighted by Crippen LogP contribution is -1.97. The maximum Gasteiger partial charge on any atom is 0.144 e. The number of nitrogens with one attached hydrogen (secondary N) is 1. The highest BCUT2D eigenvalue weighted by molar-refractivity contribution is 5.60. The van der Waals surface area contributed by atoms with Crippen molar-refractivity contribution in [1.29, 1.82) is 0 Å². The van der Waals surface area contributed by atoms with Crippen molar-refractivity contribution < 1.29 is 4.74 Å². The number of aromatic nitrogens is 3. The zero-order valence-corrected chi connectivity index (χ0v) is 10.6. The van der Waals surface area contributed by atoms with Crippen LogP contribution in [0.3, 0.4) is 0 Å². The topological polar surface area (TPSA) is 59.9 Å². The number of rotatable bonds is 5. The number of anilines is 1. The smallest absolute Gasteiger partial charge is 0.144 e. The molecular formula is C13H16N4O. The van der Waals surface area contributed by atoms with E-state index in [-0.39, 0.29) is 0 Å². The zero-order valence-electron chi connectivity index (χ0n) is 10.6. The highest BCUT2D eigenvalue weighted by atomic mass is 16.5. The van der Waals surface area contributed by atoms with Gasteiger partial charge in [0.1, 0.15) is 11.6 Å². The Morgan fingerprint density at radius 2 is 2.00 bits per heavy atom. The molecule has 0 bridgehead atoms. The largest absolute Gasteiger partial charge is 0.492 e. The molecular weight excluding hydrogens is 228 g/mol. The predicted molar refractivity (Wildman–Crippen MR) is 70.6 cm³/mol. The molecule has 0 unspecified atom stereocenters. The van der Waals surface area contributed by atoms with Gasteiger partial charge in [0.25, 0.3) is 0 Å². The molecule has 0 atom stereocenters. The minimum Gasteiger partial charge on any atom is -0.492 e. The molecule has 2 heterocycles. The fourth-order valence-corrected chi connectivity index (χ4v) is 1.48. The zero-order chi connectivity index (χ0) is 12.8. The lowest BCUT2D eigenvalue weighted by Gasteiger charge is -2.06. The summed E-state index contributed by atoms with van der Waals surface area (Å²) in [4.78, 5) is 12.7. The SMILES string of the molecule is CCCOc1cncc(-c2cncc(NC)n2)c1. The highest BCUT2D eigenvalue weighted by Crippen LogP contribution is 2.21. The van der Waals surface area contributed by atoms with Crippen molar-refractivity contribution in [3.05, 3.63) is 30.9 Å². The lowest BCUT2D eigenvalue weighted by molar-refractivity contribution is 0.316. The van der Waals surface area contributed by atoms with Crippen LogP contribution in [0.25, 0.3) is 11.3 Å². The molecule has 2 aromatic heterocycles. The first-order chi connectivity index (χ1) is 8.83. The average molecular weight is 244 g/mol. The summed E-state index contributed by atoms with van der Waals surface area (Å²) in [7, 11) is 1.81. The summed E-state index contributed by atoms with van der Waals surface area (Å²) in [6.45, 7) is 2.76. The molecule has 5 nitrogen and oxygen atoms in total. The maximum atomic E-state index is 5.55. The van der Waals surface area contributed by atoms with Gasteiger partial charge in [0.05, 0.1) is 30.9 Å². The van der Waals surface area contributed by atoms with Crippen molar-refractivity contribution in [3.8, 4) is 17.0 Å². The van der Waals surface area contributed by atoms with E-state index in [1.54, 1.807) is 24.8 Å². The summed E-state index contributed by atoms with van der Waals surface area (Å²) in [5, 5.41) is 2.96. The predicted octanol–water partition coefficient (Wildman–Crippen LogP) is 2.37. The molecule has 94 valence electrons. The van der Waals surface area contributed by atoms with Gasteiger partial charge < -0.3 is 10.1 Å². The third-order valence-corrected chi connectivity index (χ3v) is 2.37. The van der Waals surface area contributed by atoms with Gasteiger partial charge in [0.2, 0.25) is 0 Å². The Kier molecular flexibility index (Phi) is 4.06. The second-order valence-electron chi connectivity index (χ2n) is 3.80. The van der Waals surface area contributed by atoms with Gasteiger partial charge in [-0.15, -0.1) is 0 Å². The number of nitrogens with zero attached hydrogens (tertiary/aromatic N) is 3. The van der Waals surface area contributed by atoms with Gasteiger partial charge in [-0.2, -0.15) is 0 Å². The first-order valence-electron chi connectivity index (χ1n) is 5.91. The molecule has 2 rings (SSSR count). The van der Waals surface area contributed by atoms with Crippen LogP contribution < -0.4 is 10.1 Å². The van der Waals surface area contributed by atoms with Gasteiger partial charge in [-0.25, -0.2) is 4.98 Å². The molecule has 0 aliphatic heterocycles. The van der Waals surface area contributed by atoms with Crippen LogP contribution in [0, 0.1) is 0 Å². The molecule has 0 saturated carbocycles. The van der Waals surface area contributed by atoms with Gasteiger partial charge in [-0.05, 0) is 12.5 Å². The van der Waals surface area contributed by atoms with E-state index in [4.69, 9.17) is 4.74 Å². The molecule has 5 heteroatoms. The van der Waals surface area contributed by atoms with Crippen LogP contribution in [0.5, 0.6) is 5.75 Å². The number of hydrogen-bond donors (Lipinski definition) is 1. The Balaban J connectivity index is 2.26. The Hall–Kier alpha value is -2.17. The quantitative estimate of drug-likeness (QED) is 0.875. The van der Waals surface area contributed by atoms with Crippen LogP contribution in [0.4, 0.5) is 5.82 Å². The van der Waals surface area contributed by atoms with Crippen LogP contribution in [-0.4, -0.2) is 28.6 Å². The van der Waals surface area contributed by atoms with Crippen LogP contribution >= 0.6 is 0 Å². The molecule has 18 heavy (non-hydrogen) atoms. The van der Waals surface area contributed by atoms with Gasteiger partial charge in [0, 0.05) is 18.8 Å². The average Bonchev–Trinajstić information content (AvgIpc) is 2.45. The Morgan fingerprint density at radius 1 is 1.17 bits per heavy atom. The van der Waals surface area contributed by atoms with E-state index in [1.807, 2.05) is 13.1 Å². The second kappa shape index (κ2) is 5.95. The lowest BCUT2D eigenvalue weighted by atomic mass is 10.2. The molecule has 0 radical (unpaired) electrons. The molecule has 0 aromatic carbocycles. The maximum absolute atomic E-state index is 5.55. The van der Waals surface area contributed by atoms with Gasteiger partial charge in [-0.3, -0.25) is 9.97 Å². The summed E-state index contributed by atoms with van der Waals surface area (Å²) in [5.41, 5.74) is 1.67. The van der Waals surface area contributed by atoms with Crippen molar-refractivity contribution in [3.63, 3.8) is 0 Å². The number of ether oxygens (including phenoxy) is 1. The molecule has 2 aromatic rings. The van der Waals surface area contributed by atoms with E-state index >= 15 is 0 Å². The van der Waals surface area contributed by atoms with E-state index in [0.29, 0.717) is 6.61 Å². The van der Waals surface area contributed by atoms with Crippen molar-refractivity contribution in [2.24, 2.45) is 0 Å². The molecule has 0 aliphatic rings. The summed E-state index contributed by atoms with van der Waals surface area (Å²) in [5.74, 6) is 1.48. The Bertz CT molecular complexity index is 516.